The average molecular weight is 881 g/mol. The second-order valence-corrected chi connectivity index (χ2v) is 31.3. The third-order valence-corrected chi connectivity index (χ3v) is 14.9. The summed E-state index contributed by atoms with van der Waals surface area (Å²) in [4.78, 5) is 48.1. The highest BCUT2D eigenvalue weighted by molar-refractivity contribution is 6.76. The van der Waals surface area contributed by atoms with E-state index < -0.39 is 27.8 Å². The smallest absolute Gasteiger partial charge is 0.410 e. The van der Waals surface area contributed by atoms with Crippen molar-refractivity contribution < 1.29 is 28.9 Å². The van der Waals surface area contributed by atoms with Crippen LogP contribution in [0.25, 0.3) is 44.7 Å². The van der Waals surface area contributed by atoms with Gasteiger partial charge in [0, 0.05) is 53.6 Å². The summed E-state index contributed by atoms with van der Waals surface area (Å²) in [5, 5.41) is 12.0. The molecule has 16 heteroatoms. The Hall–Kier alpha value is -4.91. The molecule has 0 radical (unpaired) electrons. The summed E-state index contributed by atoms with van der Waals surface area (Å²) in [6.45, 7) is 22.7. The number of aromatic nitrogens is 6. The van der Waals surface area contributed by atoms with E-state index in [0.717, 1.165) is 76.2 Å². The fourth-order valence-corrected chi connectivity index (χ4v) is 9.61. The van der Waals surface area contributed by atoms with E-state index in [-0.39, 0.29) is 24.9 Å². The molecule has 2 aromatic carbocycles. The predicted octanol–water partition coefficient (Wildman–Crippen LogP) is 10.5. The Balaban J connectivity index is 1.14. The monoisotopic (exact) mass is 880 g/mol. The van der Waals surface area contributed by atoms with Gasteiger partial charge in [-0.25, -0.2) is 19.6 Å². The molecule has 2 aliphatic rings. The van der Waals surface area contributed by atoms with E-state index in [0.29, 0.717) is 51.0 Å². The van der Waals surface area contributed by atoms with Gasteiger partial charge in [0.2, 0.25) is 0 Å². The Morgan fingerprint density at radius 1 is 0.677 bits per heavy atom. The second kappa shape index (κ2) is 18.4. The lowest BCUT2D eigenvalue weighted by Crippen LogP contribution is -2.37. The molecular weight excluding hydrogens is 817 g/mol. The van der Waals surface area contributed by atoms with Gasteiger partial charge in [0.25, 0.3) is 0 Å². The number of carbonyl (C=O) groups excluding carboxylic acids is 1. The minimum Gasteiger partial charge on any atom is -0.465 e. The number of rotatable bonds is 15. The van der Waals surface area contributed by atoms with Crippen molar-refractivity contribution in [2.75, 3.05) is 26.3 Å². The van der Waals surface area contributed by atoms with Crippen LogP contribution in [0, 0.1) is 0 Å². The zero-order valence-corrected chi connectivity index (χ0v) is 40.0. The quantitative estimate of drug-likeness (QED) is 0.0795. The number of ether oxygens (including phenoxy) is 3. The van der Waals surface area contributed by atoms with Crippen molar-refractivity contribution in [2.24, 2.45) is 0 Å². The zero-order chi connectivity index (χ0) is 44.4. The van der Waals surface area contributed by atoms with Gasteiger partial charge in [-0.05, 0) is 81.4 Å². The van der Waals surface area contributed by atoms with E-state index in [2.05, 4.69) is 80.2 Å². The van der Waals surface area contributed by atoms with Gasteiger partial charge in [-0.3, -0.25) is 19.8 Å². The van der Waals surface area contributed by atoms with Crippen LogP contribution < -0.4 is 0 Å². The van der Waals surface area contributed by atoms with E-state index in [1.54, 1.807) is 18.6 Å². The summed E-state index contributed by atoms with van der Waals surface area (Å²) in [6.07, 6.45) is 9.11. The summed E-state index contributed by atoms with van der Waals surface area (Å²) in [5.74, 6) is 1.48. The van der Waals surface area contributed by atoms with Gasteiger partial charge in [-0.1, -0.05) is 63.5 Å². The maximum absolute atomic E-state index is 13.3. The number of imidazole rings is 2. The minimum atomic E-state index is -1.30. The molecule has 2 atom stereocenters. The van der Waals surface area contributed by atoms with Crippen molar-refractivity contribution >= 4 is 39.1 Å². The van der Waals surface area contributed by atoms with Crippen LogP contribution in [0.3, 0.4) is 0 Å². The molecule has 62 heavy (non-hydrogen) atoms. The number of hydrogen-bond acceptors (Lipinski definition) is 9. The zero-order valence-electron chi connectivity index (χ0n) is 38.0. The molecule has 0 aliphatic carbocycles. The Bertz CT molecular complexity index is 2360. The average Bonchev–Trinajstić information content (AvgIpc) is 4.03. The van der Waals surface area contributed by atoms with Crippen LogP contribution in [0.2, 0.25) is 51.4 Å². The first kappa shape index (κ1) is 45.1. The van der Waals surface area contributed by atoms with Crippen LogP contribution in [0.4, 0.5) is 9.59 Å². The number of nitrogens with zero attached hydrogens (tertiary/aromatic N) is 8. The van der Waals surface area contributed by atoms with E-state index in [1.165, 1.54) is 4.90 Å². The van der Waals surface area contributed by atoms with Crippen molar-refractivity contribution in [3.63, 3.8) is 0 Å². The van der Waals surface area contributed by atoms with Gasteiger partial charge < -0.3 is 28.5 Å². The van der Waals surface area contributed by atoms with Gasteiger partial charge in [-0.2, -0.15) is 0 Å². The lowest BCUT2D eigenvalue weighted by atomic mass is 10.0. The lowest BCUT2D eigenvalue weighted by molar-refractivity contribution is 0.0204. The summed E-state index contributed by atoms with van der Waals surface area (Å²) in [6, 6.07) is 14.2. The number of carboxylic acid groups (broad SMARTS) is 1. The molecule has 0 bridgehead atoms. The largest absolute Gasteiger partial charge is 0.465 e. The van der Waals surface area contributed by atoms with Crippen molar-refractivity contribution in [3.8, 4) is 33.9 Å². The van der Waals surface area contributed by atoms with Crippen molar-refractivity contribution in [3.05, 3.63) is 72.8 Å². The Morgan fingerprint density at radius 3 is 1.73 bits per heavy atom. The number of likely N-dealkylation sites (tertiary alicyclic amines) is 2. The van der Waals surface area contributed by atoms with Gasteiger partial charge >= 0.3 is 12.2 Å². The Labute approximate surface area is 367 Å². The molecule has 1 N–H and O–H groups in total. The molecule has 0 saturated carbocycles. The van der Waals surface area contributed by atoms with Crippen molar-refractivity contribution in [2.45, 2.75) is 129 Å². The number of benzene rings is 2. The highest BCUT2D eigenvalue weighted by Crippen LogP contribution is 2.37. The SMILES string of the molecule is CC(C)(C)OC(=O)N1CCC[C@H]1c1ncc(-c2ccc3cc(-c4cnc(-c5cnc([C@@H]6CCCN6C(=O)O)n5COCC[Si](C)(C)C)cn4)ccc3c2)n1COCC[Si](C)(C)C. The first-order valence-corrected chi connectivity index (χ1v) is 29.4. The number of hydrogen-bond donors (Lipinski definition) is 1. The van der Waals surface area contributed by atoms with Crippen LogP contribution in [0.15, 0.2) is 61.2 Å². The maximum atomic E-state index is 13.3. The topological polar surface area (TPSA) is 150 Å². The highest BCUT2D eigenvalue weighted by Gasteiger charge is 2.37. The van der Waals surface area contributed by atoms with Crippen LogP contribution in [-0.2, 0) is 27.7 Å². The first-order chi connectivity index (χ1) is 29.3. The molecule has 5 aromatic rings. The van der Waals surface area contributed by atoms with Crippen LogP contribution in [0.5, 0.6) is 0 Å². The van der Waals surface area contributed by atoms with Gasteiger partial charge in [0.1, 0.15) is 36.4 Å². The van der Waals surface area contributed by atoms with E-state index >= 15 is 0 Å². The standard InChI is InChI=1S/C46H64N8O6Si2/c1-46(2,3)60-45(57)52-19-11-13-39(52)43-49-28-40(53(43)30-58-20-22-61(4,5)6)35-17-15-32-24-34(16-14-33(32)25-35)36-26-48-37(27-47-36)41-29-50-42(38-12-10-18-51(38)44(55)56)54(41)31-59-21-23-62(7,8)9/h14-17,24-29,38-39H,10-13,18-23,30-31H2,1-9H3,(H,55,56)/t38-,39-/m0/s1. The number of fused-ring (bicyclic) bond motifs is 1. The van der Waals surface area contributed by atoms with Gasteiger partial charge in [0.15, 0.2) is 0 Å². The fraction of sp³-hybridized carbons (Fsp3) is 0.522. The molecule has 0 spiro atoms. The van der Waals surface area contributed by atoms with Crippen molar-refractivity contribution in [1.29, 1.82) is 0 Å². The van der Waals surface area contributed by atoms with Gasteiger partial charge in [0.05, 0.1) is 54.0 Å². The third kappa shape index (κ3) is 10.8. The summed E-state index contributed by atoms with van der Waals surface area (Å²) >= 11 is 0. The fourth-order valence-electron chi connectivity index (χ4n) is 8.10. The van der Waals surface area contributed by atoms with Crippen LogP contribution in [0.1, 0.15) is 70.2 Å². The second-order valence-electron chi connectivity index (χ2n) is 20.1. The molecular formula is C46H64N8O6Si2. The normalized spacial score (nSPS) is 17.4. The molecule has 0 unspecified atom stereocenters. The maximum Gasteiger partial charge on any atom is 0.410 e. The van der Waals surface area contributed by atoms with E-state index in [4.69, 9.17) is 34.1 Å². The summed E-state index contributed by atoms with van der Waals surface area (Å²) in [7, 11) is -2.60. The lowest BCUT2D eigenvalue weighted by Gasteiger charge is -2.29. The molecule has 5 heterocycles. The van der Waals surface area contributed by atoms with E-state index in [9.17, 15) is 14.7 Å². The summed E-state index contributed by atoms with van der Waals surface area (Å²) in [5.41, 5.74) is 4.39. The molecule has 3 aromatic heterocycles. The number of carbonyl (C=O) groups is 2. The Kier molecular flexibility index (Phi) is 13.4. The molecule has 14 nitrogen and oxygen atoms in total. The molecule has 2 saturated heterocycles. The molecule has 7 rings (SSSR count). The molecule has 2 amide bonds. The first-order valence-electron chi connectivity index (χ1n) is 22.0. The third-order valence-electron chi connectivity index (χ3n) is 11.5. The predicted molar refractivity (Wildman–Crippen MR) is 247 cm³/mol. The van der Waals surface area contributed by atoms with Gasteiger partial charge in [-0.15, -0.1) is 0 Å². The van der Waals surface area contributed by atoms with E-state index in [1.807, 2.05) is 36.4 Å². The molecule has 2 fully saturated rings. The van der Waals surface area contributed by atoms with Crippen LogP contribution >= 0.6 is 0 Å². The highest BCUT2D eigenvalue weighted by atomic mass is 28.3. The van der Waals surface area contributed by atoms with Crippen molar-refractivity contribution in [1.82, 2.24) is 38.9 Å². The number of amides is 2. The molecule has 2 aliphatic heterocycles. The van der Waals surface area contributed by atoms with Crippen LogP contribution in [-0.4, -0.2) is 104 Å². The minimum absolute atomic E-state index is 0.208. The summed E-state index contributed by atoms with van der Waals surface area (Å²) < 4.78 is 22.4. The molecule has 332 valence electrons. The Morgan fingerprint density at radius 2 is 1.18 bits per heavy atom.